The van der Waals surface area contributed by atoms with Crippen molar-refractivity contribution in [3.8, 4) is 11.5 Å². The van der Waals surface area contributed by atoms with Crippen LogP contribution in [0.5, 0.6) is 11.5 Å². The van der Waals surface area contributed by atoms with Gasteiger partial charge in [0.2, 0.25) is 11.8 Å². The average molecular weight is 713 g/mol. The Kier molecular flexibility index (Phi) is 12.3. The first-order chi connectivity index (χ1) is 20.6. The molecule has 0 aromatic heterocycles. The molecule has 2 fully saturated rings. The fraction of sp³-hybridized carbons (Fsp3) is 0.656. The van der Waals surface area contributed by atoms with E-state index >= 15 is 0 Å². The molecule has 3 N–H and O–H groups in total. The van der Waals surface area contributed by atoms with Crippen molar-refractivity contribution in [2.45, 2.75) is 83.1 Å². The third kappa shape index (κ3) is 8.49. The Hall–Kier alpha value is -2.22. The van der Waals surface area contributed by atoms with Crippen LogP contribution < -0.4 is 14.8 Å². The number of hydrogen-bond donors (Lipinski definition) is 3. The molecule has 0 spiro atoms. The highest BCUT2D eigenvalue weighted by molar-refractivity contribution is 14.1. The molecule has 43 heavy (non-hydrogen) atoms. The van der Waals surface area contributed by atoms with Crippen LogP contribution >= 0.6 is 22.6 Å². The number of hydrogen-bond acceptors (Lipinski definition) is 8. The first kappa shape index (κ1) is 33.7. The Morgan fingerprint density at radius 2 is 2.02 bits per heavy atom. The van der Waals surface area contributed by atoms with Crippen molar-refractivity contribution in [1.29, 1.82) is 0 Å². The number of carbonyl (C=O) groups is 3. The molecule has 11 heteroatoms. The maximum absolute atomic E-state index is 14.0. The zero-order valence-corrected chi connectivity index (χ0v) is 27.5. The summed E-state index contributed by atoms with van der Waals surface area (Å²) in [5, 5.41) is 23.8. The summed E-state index contributed by atoms with van der Waals surface area (Å²) < 4.78 is 18.2. The maximum atomic E-state index is 14.0. The number of methoxy groups -OCH3 is 1. The van der Waals surface area contributed by atoms with Gasteiger partial charge in [-0.05, 0) is 98.1 Å². The zero-order chi connectivity index (χ0) is 31.1. The van der Waals surface area contributed by atoms with Crippen molar-refractivity contribution in [1.82, 2.24) is 10.2 Å². The Morgan fingerprint density at radius 1 is 1.23 bits per heavy atom. The predicted molar refractivity (Wildman–Crippen MR) is 169 cm³/mol. The second-order valence-corrected chi connectivity index (χ2v) is 13.3. The van der Waals surface area contributed by atoms with E-state index in [9.17, 15) is 24.6 Å². The van der Waals surface area contributed by atoms with Crippen molar-refractivity contribution in [2.24, 2.45) is 17.8 Å². The van der Waals surface area contributed by atoms with E-state index in [2.05, 4.69) is 5.32 Å². The molecule has 3 aliphatic rings. The second kappa shape index (κ2) is 15.7. The summed E-state index contributed by atoms with van der Waals surface area (Å²) in [6.45, 7) is 4.63. The van der Waals surface area contributed by atoms with Gasteiger partial charge in [0, 0.05) is 43.7 Å². The topological polar surface area (TPSA) is 135 Å². The molecule has 2 saturated carbocycles. The van der Waals surface area contributed by atoms with Crippen LogP contribution in [0.4, 0.5) is 0 Å². The van der Waals surface area contributed by atoms with E-state index in [1.807, 2.05) is 36.4 Å². The number of carbonyl (C=O) groups excluding carboxylic acids is 3. The summed E-state index contributed by atoms with van der Waals surface area (Å²) in [5.74, 6) is 1.87. The number of rotatable bonds is 15. The number of fused-ring (bicyclic) bond motifs is 2. The fourth-order valence-corrected chi connectivity index (χ4v) is 7.59. The van der Waals surface area contributed by atoms with Gasteiger partial charge in [0.1, 0.15) is 18.5 Å². The molecule has 1 aromatic carbocycles. The molecule has 2 bridgehead atoms. The van der Waals surface area contributed by atoms with Gasteiger partial charge in [-0.2, -0.15) is 0 Å². The van der Waals surface area contributed by atoms with Gasteiger partial charge in [0.05, 0.1) is 29.4 Å². The lowest BCUT2D eigenvalue weighted by Crippen LogP contribution is -2.55. The number of nitrogens with one attached hydrogen (secondary N) is 1. The third-order valence-electron chi connectivity index (χ3n) is 8.89. The molecule has 4 rings (SSSR count). The van der Waals surface area contributed by atoms with Crippen molar-refractivity contribution >= 4 is 40.7 Å². The first-order valence-corrected chi connectivity index (χ1v) is 16.4. The van der Waals surface area contributed by atoms with Gasteiger partial charge in [-0.15, -0.1) is 0 Å². The molecule has 0 saturated heterocycles. The van der Waals surface area contributed by atoms with E-state index < -0.39 is 18.2 Å². The van der Waals surface area contributed by atoms with Crippen molar-refractivity contribution in [2.75, 3.05) is 33.4 Å². The van der Waals surface area contributed by atoms with Gasteiger partial charge in [-0.1, -0.05) is 6.42 Å². The molecule has 6 atom stereocenters. The van der Waals surface area contributed by atoms with Gasteiger partial charge in [-0.25, -0.2) is 0 Å². The average Bonchev–Trinajstić information content (AvgIpc) is 3.61. The number of ether oxygens (including phenoxy) is 3. The van der Waals surface area contributed by atoms with Gasteiger partial charge >= 0.3 is 0 Å². The summed E-state index contributed by atoms with van der Waals surface area (Å²) in [7, 11) is 1.46. The van der Waals surface area contributed by atoms with E-state index in [0.717, 1.165) is 6.42 Å². The Bertz CT molecular complexity index is 1170. The maximum Gasteiger partial charge on any atom is 0.247 e. The quantitative estimate of drug-likeness (QED) is 0.143. The molecular formula is C32H45IN2O8. The second-order valence-electron chi connectivity index (χ2n) is 12.2. The molecule has 10 nitrogen and oxygen atoms in total. The van der Waals surface area contributed by atoms with Gasteiger partial charge in [0.15, 0.2) is 11.5 Å². The summed E-state index contributed by atoms with van der Waals surface area (Å²) >= 11 is 2.04. The lowest BCUT2D eigenvalue weighted by Gasteiger charge is -2.41. The van der Waals surface area contributed by atoms with Crippen molar-refractivity contribution < 1.29 is 38.8 Å². The van der Waals surface area contributed by atoms with Crippen LogP contribution in [0.15, 0.2) is 23.8 Å². The standard InChI is InChI=1S/C32H45IN2O8/c1-19(2)42-10-4-8-35(29(38)17-23-12-20-5-6-22(23)11-20)26-15-24(32(40)34-7-9-36)16-27(30(26)39)43-31-25(33)13-21(18-37)14-28(31)41-3/h13-14,16,18-20,22-23,26-27,30,36,39H,4-12,15,17H2,1-3H3,(H,34,40)/t20?,22?,23?,26-,27+,30+/m1/s1. The molecule has 3 unspecified atom stereocenters. The van der Waals surface area contributed by atoms with Gasteiger partial charge < -0.3 is 34.6 Å². The first-order valence-electron chi connectivity index (χ1n) is 15.3. The third-order valence-corrected chi connectivity index (χ3v) is 9.69. The minimum absolute atomic E-state index is 0.0237. The molecule has 2 amide bonds. The minimum Gasteiger partial charge on any atom is -0.493 e. The molecule has 0 heterocycles. The highest BCUT2D eigenvalue weighted by atomic mass is 127. The largest absolute Gasteiger partial charge is 0.493 e. The fourth-order valence-electron chi connectivity index (χ4n) is 6.84. The van der Waals surface area contributed by atoms with Crippen molar-refractivity contribution in [3.63, 3.8) is 0 Å². The van der Waals surface area contributed by atoms with Gasteiger partial charge in [-0.3, -0.25) is 14.4 Å². The SMILES string of the molecule is COc1cc(C=O)cc(I)c1O[C@H]1C=C(C(=O)NCCO)C[C@@H](N(CCCOC(C)C)C(=O)CC2CC3CCC2C3)[C@@H]1O. The summed E-state index contributed by atoms with van der Waals surface area (Å²) in [6, 6.07) is 2.49. The number of amides is 2. The van der Waals surface area contributed by atoms with E-state index in [4.69, 9.17) is 14.2 Å². The lowest BCUT2D eigenvalue weighted by molar-refractivity contribution is -0.140. The van der Waals surface area contributed by atoms with Crippen LogP contribution in [0, 0.1) is 21.3 Å². The van der Waals surface area contributed by atoms with E-state index in [-0.39, 0.29) is 37.5 Å². The number of nitrogens with zero attached hydrogens (tertiary/aromatic N) is 1. The smallest absolute Gasteiger partial charge is 0.247 e. The van der Waals surface area contributed by atoms with Crippen LogP contribution in [0.2, 0.25) is 0 Å². The number of aliphatic hydroxyl groups excluding tert-OH is 2. The number of halogens is 1. The molecule has 1 aromatic rings. The van der Waals surface area contributed by atoms with Crippen LogP contribution in [0.25, 0.3) is 0 Å². The lowest BCUT2D eigenvalue weighted by atomic mass is 9.84. The molecular weight excluding hydrogens is 667 g/mol. The summed E-state index contributed by atoms with van der Waals surface area (Å²) in [5.41, 5.74) is 0.777. The van der Waals surface area contributed by atoms with E-state index in [1.54, 1.807) is 23.1 Å². The molecule has 0 radical (unpaired) electrons. The number of aliphatic hydroxyl groups is 2. The number of aldehydes is 1. The normalized spacial score (nSPS) is 26.3. The van der Waals surface area contributed by atoms with Crippen LogP contribution in [-0.4, -0.2) is 91.0 Å². The van der Waals surface area contributed by atoms with Crippen molar-refractivity contribution in [3.05, 3.63) is 32.9 Å². The van der Waals surface area contributed by atoms with Crippen LogP contribution in [0.1, 0.15) is 69.2 Å². The highest BCUT2D eigenvalue weighted by Crippen LogP contribution is 2.50. The zero-order valence-electron chi connectivity index (χ0n) is 25.3. The van der Waals surface area contributed by atoms with Crippen LogP contribution in [0.3, 0.4) is 0 Å². The predicted octanol–water partition coefficient (Wildman–Crippen LogP) is 3.50. The van der Waals surface area contributed by atoms with E-state index in [0.29, 0.717) is 76.2 Å². The Morgan fingerprint density at radius 3 is 2.65 bits per heavy atom. The Balaban J connectivity index is 1.63. The highest BCUT2D eigenvalue weighted by Gasteiger charge is 2.44. The monoisotopic (exact) mass is 712 g/mol. The van der Waals surface area contributed by atoms with Crippen LogP contribution in [-0.2, 0) is 14.3 Å². The molecule has 238 valence electrons. The Labute approximate surface area is 267 Å². The van der Waals surface area contributed by atoms with E-state index in [1.165, 1.54) is 26.4 Å². The summed E-state index contributed by atoms with van der Waals surface area (Å²) in [6.07, 6.45) is 6.08. The molecule has 0 aliphatic heterocycles. The minimum atomic E-state index is -1.14. The van der Waals surface area contributed by atoms with Gasteiger partial charge in [0.25, 0.3) is 0 Å². The molecule has 3 aliphatic carbocycles. The summed E-state index contributed by atoms with van der Waals surface area (Å²) in [4.78, 5) is 40.3. The number of benzene rings is 1.